The van der Waals surface area contributed by atoms with Gasteiger partial charge >= 0.3 is 0 Å². The molecule has 0 spiro atoms. The molecule has 4 rings (SSSR count). The molecule has 1 N–H and O–H groups in total. The fraction of sp³-hybridized carbons (Fsp3) is 0.304. The number of nitrogens with one attached hydrogen (secondary N) is 1. The van der Waals surface area contributed by atoms with Crippen LogP contribution in [0, 0.1) is 0 Å². The number of sulfonamides is 1. The number of thioether (sulfide) groups is 1. The molecule has 0 bridgehead atoms. The van der Waals surface area contributed by atoms with Crippen LogP contribution in [0.4, 0.5) is 5.69 Å². The molecule has 1 aliphatic rings. The van der Waals surface area contributed by atoms with Gasteiger partial charge in [-0.2, -0.15) is 0 Å². The van der Waals surface area contributed by atoms with Crippen molar-refractivity contribution in [3.63, 3.8) is 0 Å². The van der Waals surface area contributed by atoms with Gasteiger partial charge in [-0.05, 0) is 24.3 Å². The van der Waals surface area contributed by atoms with E-state index in [0.29, 0.717) is 24.2 Å². The Balaban J connectivity index is 1.61. The van der Waals surface area contributed by atoms with Gasteiger partial charge in [0.1, 0.15) is 15.7 Å². The summed E-state index contributed by atoms with van der Waals surface area (Å²) in [6, 6.07) is 14.0. The summed E-state index contributed by atoms with van der Waals surface area (Å²) >= 11 is 1.52. The zero-order valence-electron chi connectivity index (χ0n) is 19.3. The maximum Gasteiger partial charge on any atom is 0.267 e. The molecule has 3 aromatic rings. The lowest BCUT2D eigenvalue weighted by Crippen LogP contribution is -2.28. The van der Waals surface area contributed by atoms with Gasteiger partial charge in [-0.15, -0.1) is 0 Å². The molecule has 9 nitrogen and oxygen atoms in total. The first kappa shape index (κ1) is 24.1. The van der Waals surface area contributed by atoms with E-state index < -0.39 is 10.0 Å². The second-order valence-corrected chi connectivity index (χ2v) is 10.9. The summed E-state index contributed by atoms with van der Waals surface area (Å²) in [6.45, 7) is 0.521. The topological polar surface area (TPSA) is 104 Å². The number of aromatic amines is 1. The average Bonchev–Trinajstić information content (AvgIpc) is 3.49. The Morgan fingerprint density at radius 2 is 1.94 bits per heavy atom. The number of hydroxylamine groups is 2. The molecule has 1 amide bonds. The molecule has 0 saturated heterocycles. The minimum absolute atomic E-state index is 0.0135. The Bertz CT molecular complexity index is 1350. The number of aromatic nitrogens is 1. The summed E-state index contributed by atoms with van der Waals surface area (Å²) in [5.74, 6) is 0.170. The molecule has 1 unspecified atom stereocenters. The maximum atomic E-state index is 13.4. The van der Waals surface area contributed by atoms with Crippen molar-refractivity contribution in [1.29, 1.82) is 0 Å². The molecule has 2 aromatic carbocycles. The number of carbonyl (C=O) groups excluding carboxylic acids is 1. The van der Waals surface area contributed by atoms with E-state index in [4.69, 9.17) is 9.57 Å². The number of hydrogen-bond acceptors (Lipinski definition) is 7. The fourth-order valence-electron chi connectivity index (χ4n) is 3.72. The van der Waals surface area contributed by atoms with E-state index in [1.54, 1.807) is 31.3 Å². The van der Waals surface area contributed by atoms with Crippen molar-refractivity contribution in [2.45, 2.75) is 16.6 Å². The molecule has 0 aliphatic carbocycles. The van der Waals surface area contributed by atoms with Gasteiger partial charge < -0.3 is 9.72 Å². The Hall–Kier alpha value is -3.02. The van der Waals surface area contributed by atoms with E-state index in [9.17, 15) is 13.2 Å². The van der Waals surface area contributed by atoms with Gasteiger partial charge in [0.2, 0.25) is 5.91 Å². The number of aliphatic imine (C=N–C) groups is 1. The van der Waals surface area contributed by atoms with Gasteiger partial charge in [0.15, 0.2) is 0 Å². The second kappa shape index (κ2) is 9.69. The zero-order valence-corrected chi connectivity index (χ0v) is 20.9. The van der Waals surface area contributed by atoms with Crippen LogP contribution >= 0.6 is 11.8 Å². The van der Waals surface area contributed by atoms with E-state index >= 15 is 0 Å². The van der Waals surface area contributed by atoms with Crippen molar-refractivity contribution in [2.24, 2.45) is 4.99 Å². The summed E-state index contributed by atoms with van der Waals surface area (Å²) in [6.07, 6.45) is 0.313. The summed E-state index contributed by atoms with van der Waals surface area (Å²) < 4.78 is 33.3. The van der Waals surface area contributed by atoms with Gasteiger partial charge in [-0.1, -0.05) is 36.0 Å². The van der Waals surface area contributed by atoms with E-state index in [1.165, 1.54) is 48.5 Å². The Morgan fingerprint density at radius 1 is 1.18 bits per heavy atom. The van der Waals surface area contributed by atoms with Crippen LogP contribution in [-0.4, -0.2) is 69.5 Å². The predicted molar refractivity (Wildman–Crippen MR) is 134 cm³/mol. The van der Waals surface area contributed by atoms with Gasteiger partial charge in [-0.3, -0.25) is 18.9 Å². The van der Waals surface area contributed by atoms with Crippen LogP contribution in [0.3, 0.4) is 0 Å². The molecular formula is C23H26N4O5S2. The van der Waals surface area contributed by atoms with Gasteiger partial charge in [0.25, 0.3) is 10.0 Å². The highest BCUT2D eigenvalue weighted by Crippen LogP contribution is 2.35. The average molecular weight is 503 g/mol. The molecule has 0 radical (unpaired) electrons. The van der Waals surface area contributed by atoms with Crippen LogP contribution in [0.25, 0.3) is 10.9 Å². The molecule has 0 saturated carbocycles. The highest BCUT2D eigenvalue weighted by Gasteiger charge is 2.28. The molecule has 180 valence electrons. The van der Waals surface area contributed by atoms with E-state index in [-0.39, 0.29) is 21.8 Å². The van der Waals surface area contributed by atoms with Crippen molar-refractivity contribution in [3.05, 3.63) is 54.2 Å². The highest BCUT2D eigenvalue weighted by atomic mass is 32.2. The quantitative estimate of drug-likeness (QED) is 0.474. The highest BCUT2D eigenvalue weighted by molar-refractivity contribution is 8.15. The molecule has 1 aromatic heterocycles. The van der Waals surface area contributed by atoms with Crippen LogP contribution in [0.15, 0.2) is 58.4 Å². The first-order chi connectivity index (χ1) is 16.3. The number of anilines is 1. The number of fused-ring (bicyclic) bond motifs is 1. The molecule has 34 heavy (non-hydrogen) atoms. The lowest BCUT2D eigenvalue weighted by atomic mass is 10.2. The van der Waals surface area contributed by atoms with Gasteiger partial charge in [0.05, 0.1) is 37.7 Å². The lowest BCUT2D eigenvalue weighted by molar-refractivity contribution is -0.168. The number of methoxy groups -OCH3 is 1. The summed E-state index contributed by atoms with van der Waals surface area (Å²) in [5.41, 5.74) is 1.97. The minimum atomic E-state index is -3.87. The van der Waals surface area contributed by atoms with Crippen LogP contribution in [0.1, 0.15) is 12.1 Å². The Morgan fingerprint density at radius 3 is 2.68 bits per heavy atom. The van der Waals surface area contributed by atoms with Gasteiger partial charge in [-0.25, -0.2) is 13.5 Å². The number of H-pyrrole nitrogens is 1. The molecule has 2 heterocycles. The molecule has 1 atom stereocenters. The maximum absolute atomic E-state index is 13.4. The van der Waals surface area contributed by atoms with Crippen molar-refractivity contribution < 1.29 is 22.8 Å². The van der Waals surface area contributed by atoms with E-state index in [1.807, 2.05) is 18.2 Å². The van der Waals surface area contributed by atoms with E-state index in [2.05, 4.69) is 9.98 Å². The second-order valence-electron chi connectivity index (χ2n) is 7.71. The van der Waals surface area contributed by atoms with Crippen LogP contribution in [-0.2, 0) is 19.7 Å². The third-order valence-electron chi connectivity index (χ3n) is 5.66. The Labute approximate surface area is 202 Å². The first-order valence-electron chi connectivity index (χ1n) is 10.5. The number of carbonyl (C=O) groups is 1. The van der Waals surface area contributed by atoms with Crippen LogP contribution in [0.5, 0.6) is 5.75 Å². The predicted octanol–water partition coefficient (Wildman–Crippen LogP) is 3.27. The number of ether oxygens (including phenoxy) is 1. The molecular weight excluding hydrogens is 476 g/mol. The van der Waals surface area contributed by atoms with E-state index in [0.717, 1.165) is 16.1 Å². The lowest BCUT2D eigenvalue weighted by Gasteiger charge is -2.21. The first-order valence-corrected chi connectivity index (χ1v) is 12.8. The van der Waals surface area contributed by atoms with Gasteiger partial charge in [0, 0.05) is 31.2 Å². The number of amides is 1. The number of rotatable bonds is 8. The summed E-state index contributed by atoms with van der Waals surface area (Å²) in [5, 5.41) is 2.87. The fourth-order valence-corrected chi connectivity index (χ4v) is 6.16. The largest absolute Gasteiger partial charge is 0.495 e. The number of para-hydroxylation sites is 2. The summed E-state index contributed by atoms with van der Waals surface area (Å²) in [4.78, 5) is 25.1. The molecule has 11 heteroatoms. The van der Waals surface area contributed by atoms with Crippen molar-refractivity contribution >= 4 is 49.3 Å². The smallest absolute Gasteiger partial charge is 0.267 e. The van der Waals surface area contributed by atoms with Crippen molar-refractivity contribution in [1.82, 2.24) is 10.0 Å². The summed E-state index contributed by atoms with van der Waals surface area (Å²) in [7, 11) is 2.13. The monoisotopic (exact) mass is 502 g/mol. The third kappa shape index (κ3) is 4.50. The van der Waals surface area contributed by atoms with Crippen molar-refractivity contribution in [2.75, 3.05) is 39.2 Å². The normalized spacial score (nSPS) is 15.9. The van der Waals surface area contributed by atoms with Crippen LogP contribution in [0.2, 0.25) is 0 Å². The number of benzene rings is 2. The number of hydrogen-bond donors (Lipinski definition) is 1. The van der Waals surface area contributed by atoms with Crippen LogP contribution < -0.4 is 9.04 Å². The molecule has 0 fully saturated rings. The number of nitrogens with zero attached hydrogens (tertiary/aromatic N) is 3. The van der Waals surface area contributed by atoms with Crippen molar-refractivity contribution in [3.8, 4) is 5.75 Å². The Kier molecular flexibility index (Phi) is 6.87. The third-order valence-corrected chi connectivity index (χ3v) is 8.69. The SMILES string of the molecule is COc1ccccc1S(=O)(=O)N(C)c1cccc2cc(C3=NCC(CC(=O)N(C)OC)S3)[nH]c12. The standard InChI is InChI=1S/C23H26N4O5S2/c1-26(32-4)21(28)13-16-14-24-23(33-16)17-12-15-8-7-9-18(22(15)25-17)27(2)34(29,30)20-11-6-5-10-19(20)31-3/h5-12,16,25H,13-14H2,1-4H3. The molecule has 1 aliphatic heterocycles. The zero-order chi connectivity index (χ0) is 24.5. The minimum Gasteiger partial charge on any atom is -0.495 e.